The lowest BCUT2D eigenvalue weighted by Gasteiger charge is -2.23. The number of nitrogens with one attached hydrogen (secondary N) is 3. The summed E-state index contributed by atoms with van der Waals surface area (Å²) in [6, 6.07) is 24.2. The number of carbonyl (C=O) groups excluding carboxylic acids is 6. The topological polar surface area (TPSA) is 196 Å². The Balaban J connectivity index is 0.000000194. The van der Waals surface area contributed by atoms with Gasteiger partial charge < -0.3 is 38.6 Å². The molecule has 3 aliphatic carbocycles. The van der Waals surface area contributed by atoms with Crippen molar-refractivity contribution >= 4 is 99.9 Å². The van der Waals surface area contributed by atoms with Gasteiger partial charge in [0.15, 0.2) is 0 Å². The quantitative estimate of drug-likeness (QED) is 0.0482. The Hall–Kier alpha value is -6.34. The zero-order valence-corrected chi connectivity index (χ0v) is 48.1. The van der Waals surface area contributed by atoms with Gasteiger partial charge in [0.25, 0.3) is 0 Å². The Labute approximate surface area is 472 Å². The van der Waals surface area contributed by atoms with Crippen LogP contribution in [0.15, 0.2) is 109 Å². The first kappa shape index (κ1) is 55.9. The highest BCUT2D eigenvalue weighted by atomic mass is 79.9. The Morgan fingerprint density at radius 3 is 1.33 bits per heavy atom. The van der Waals surface area contributed by atoms with E-state index in [1.807, 2.05) is 24.4 Å². The number of ether oxygens (including phenoxy) is 5. The zero-order chi connectivity index (χ0) is 54.0. The lowest BCUT2D eigenvalue weighted by molar-refractivity contribution is 0.0584. The molecule has 18 heteroatoms. The number of benzene rings is 4. The smallest absolute Gasteiger partial charge is 0.354 e. The highest BCUT2D eigenvalue weighted by molar-refractivity contribution is 9.11. The Bertz CT molecular complexity index is 3230. The fourth-order valence-electron chi connectivity index (χ4n) is 9.90. The molecule has 3 heterocycles. The Kier molecular flexibility index (Phi) is 18.9. The molecule has 3 aromatic heterocycles. The number of rotatable bonds is 11. The van der Waals surface area contributed by atoms with Gasteiger partial charge in [-0.3, -0.25) is 4.79 Å². The number of aromatic nitrogens is 3. The molecule has 0 atom stereocenters. The van der Waals surface area contributed by atoms with Crippen molar-refractivity contribution in [2.75, 3.05) is 21.3 Å². The van der Waals surface area contributed by atoms with E-state index >= 15 is 0 Å². The van der Waals surface area contributed by atoms with Crippen LogP contribution in [-0.2, 0) is 52.7 Å². The fourth-order valence-corrected chi connectivity index (χ4v) is 12.2. The molecule has 4 aromatic carbocycles. The van der Waals surface area contributed by atoms with E-state index in [9.17, 15) is 28.8 Å². The number of fused-ring (bicyclic) bond motifs is 3. The van der Waals surface area contributed by atoms with Crippen LogP contribution >= 0.6 is 63.7 Å². The highest BCUT2D eigenvalue weighted by Crippen LogP contribution is 2.43. The summed E-state index contributed by atoms with van der Waals surface area (Å²) in [4.78, 5) is 82.6. The van der Waals surface area contributed by atoms with E-state index in [2.05, 4.69) is 78.7 Å². The molecule has 0 saturated heterocycles. The molecule has 0 aliphatic heterocycles. The largest absolute Gasteiger partial charge is 0.464 e. The molecule has 394 valence electrons. The number of aryl methyl sites for hydroxylation is 1. The van der Waals surface area contributed by atoms with E-state index in [4.69, 9.17) is 23.7 Å². The number of halogens is 4. The second kappa shape index (κ2) is 25.7. The van der Waals surface area contributed by atoms with Crippen LogP contribution in [0, 0.1) is 0 Å². The molecule has 76 heavy (non-hydrogen) atoms. The van der Waals surface area contributed by atoms with Crippen LogP contribution in [0.2, 0.25) is 0 Å². The van der Waals surface area contributed by atoms with Gasteiger partial charge >= 0.3 is 29.8 Å². The van der Waals surface area contributed by atoms with Gasteiger partial charge in [-0.2, -0.15) is 0 Å². The Morgan fingerprint density at radius 2 is 0.895 bits per heavy atom. The van der Waals surface area contributed by atoms with Crippen molar-refractivity contribution in [3.05, 3.63) is 193 Å². The monoisotopic (exact) mass is 1280 g/mol. The van der Waals surface area contributed by atoms with Crippen LogP contribution in [-0.4, -0.2) is 72.4 Å². The number of H-pyrrole nitrogens is 3. The molecule has 0 fully saturated rings. The summed E-state index contributed by atoms with van der Waals surface area (Å²) in [6.45, 7) is 0. The minimum absolute atomic E-state index is 0.247. The molecule has 0 unspecified atom stereocenters. The van der Waals surface area contributed by atoms with Crippen LogP contribution in [0.4, 0.5) is 0 Å². The number of hydrogen-bond donors (Lipinski definition) is 3. The lowest BCUT2D eigenvalue weighted by atomic mass is 9.81. The normalized spacial score (nSPS) is 13.3. The van der Waals surface area contributed by atoms with Crippen molar-refractivity contribution in [3.63, 3.8) is 0 Å². The second-order valence-electron chi connectivity index (χ2n) is 18.2. The van der Waals surface area contributed by atoms with Crippen LogP contribution in [0.1, 0.15) is 157 Å². The van der Waals surface area contributed by atoms with Crippen LogP contribution in [0.3, 0.4) is 0 Å². The first-order valence-corrected chi connectivity index (χ1v) is 27.8. The van der Waals surface area contributed by atoms with Gasteiger partial charge in [-0.15, -0.1) is 0 Å². The van der Waals surface area contributed by atoms with E-state index in [-0.39, 0.29) is 11.9 Å². The van der Waals surface area contributed by atoms with Crippen molar-refractivity contribution < 1.29 is 52.5 Å². The maximum Gasteiger partial charge on any atom is 0.354 e. The number of aromatic amines is 3. The van der Waals surface area contributed by atoms with Crippen LogP contribution in [0.25, 0.3) is 0 Å². The molecule has 0 bridgehead atoms. The van der Waals surface area contributed by atoms with E-state index in [0.29, 0.717) is 54.2 Å². The van der Waals surface area contributed by atoms with Crippen LogP contribution < -0.4 is 9.47 Å². The summed E-state index contributed by atoms with van der Waals surface area (Å²) < 4.78 is 29.0. The molecular weight excluding hydrogens is 1230 g/mol. The predicted octanol–water partition coefficient (Wildman–Crippen LogP) is 13.5. The average molecular weight is 1290 g/mol. The Morgan fingerprint density at radius 1 is 0.487 bits per heavy atom. The van der Waals surface area contributed by atoms with Crippen molar-refractivity contribution in [2.24, 2.45) is 0 Å². The number of hydrogen-bond acceptors (Lipinski definition) is 11. The van der Waals surface area contributed by atoms with E-state index < -0.39 is 23.9 Å². The number of carbonyl (C=O) groups is 6. The minimum Gasteiger partial charge on any atom is -0.464 e. The number of aldehydes is 1. The first-order chi connectivity index (χ1) is 36.7. The molecule has 0 spiro atoms. The zero-order valence-electron chi connectivity index (χ0n) is 41.8. The summed E-state index contributed by atoms with van der Waals surface area (Å²) in [5, 5.41) is 0. The molecule has 10 rings (SSSR count). The molecule has 0 amide bonds. The average Bonchev–Trinajstić information content (AvgIpc) is 4.19. The molecule has 0 radical (unpaired) electrons. The van der Waals surface area contributed by atoms with E-state index in [0.717, 1.165) is 124 Å². The first-order valence-electron chi connectivity index (χ1n) is 24.6. The SMILES string of the molecule is COC(=O)c1[nH]c(C(c2ccc(C(=O)Oc3ccc(Br)cc3Br)cc2)c2[nH]c(C(=O)OC)c3c2CCCC3)c2c1CCCC2.COC(=O)c1[nH]cc2c1CCCC2.O=Cc1ccc(C(=O)Oc2ccc(Br)cc2Br)cc1. The van der Waals surface area contributed by atoms with Gasteiger partial charge in [0.05, 0.1) is 47.3 Å². The summed E-state index contributed by atoms with van der Waals surface area (Å²) in [5.41, 5.74) is 12.3. The minimum atomic E-state index is -0.480. The predicted molar refractivity (Wildman–Crippen MR) is 299 cm³/mol. The number of esters is 5. The highest BCUT2D eigenvalue weighted by Gasteiger charge is 2.35. The number of methoxy groups -OCH3 is 3. The molecule has 0 saturated carbocycles. The third kappa shape index (κ3) is 12.7. The van der Waals surface area contributed by atoms with Crippen molar-refractivity contribution in [1.29, 1.82) is 0 Å². The molecule has 14 nitrogen and oxygen atoms in total. The summed E-state index contributed by atoms with van der Waals surface area (Å²) >= 11 is 13.5. The third-order valence-electron chi connectivity index (χ3n) is 13.6. The van der Waals surface area contributed by atoms with E-state index in [1.165, 1.54) is 39.7 Å². The van der Waals surface area contributed by atoms with E-state index in [1.54, 1.807) is 66.7 Å². The van der Waals surface area contributed by atoms with Gasteiger partial charge in [-0.05, 0) is 209 Å². The van der Waals surface area contributed by atoms with Gasteiger partial charge in [0.2, 0.25) is 0 Å². The summed E-state index contributed by atoms with van der Waals surface area (Å²) in [6.07, 6.45) is 14.4. The van der Waals surface area contributed by atoms with Crippen molar-refractivity contribution in [3.8, 4) is 11.5 Å². The third-order valence-corrected chi connectivity index (χ3v) is 15.8. The van der Waals surface area contributed by atoms with Crippen LogP contribution in [0.5, 0.6) is 11.5 Å². The van der Waals surface area contributed by atoms with Gasteiger partial charge in [-0.25, -0.2) is 24.0 Å². The lowest BCUT2D eigenvalue weighted by Crippen LogP contribution is -2.13. The van der Waals surface area contributed by atoms with Crippen molar-refractivity contribution in [2.45, 2.75) is 83.0 Å². The molecule has 7 aromatic rings. The standard InChI is InChI=1S/C34H32Br2N2O6.C14H8Br2O3.C10H13NO2/c1-42-33(40)30-23-9-5-3-7-21(23)28(37-30)27(29-22-8-4-6-10-24(22)31(38-29)34(41)43-2)18-11-13-19(14-12-18)32(39)44-26-16-15-20(35)17-25(26)36;15-11-5-6-13(12(16)7-11)19-14(18)10-3-1-9(8-17)2-4-10;1-13-10(12)9-8-5-3-2-4-7(8)6-11-9/h11-17,27,37-38H,3-10H2,1-2H3;1-8H;6,11H,2-5H2,1H3. The second-order valence-corrected chi connectivity index (χ2v) is 21.8. The molecule has 3 N–H and O–H groups in total. The fraction of sp³-hybridized carbons (Fsp3) is 0.276. The summed E-state index contributed by atoms with van der Waals surface area (Å²) in [7, 11) is 4.20. The maximum absolute atomic E-state index is 13.1. The van der Waals surface area contributed by atoms with Gasteiger partial charge in [0.1, 0.15) is 34.9 Å². The molecular formula is C58H53Br4N3O11. The maximum atomic E-state index is 13.1. The van der Waals surface area contributed by atoms with Gasteiger partial charge in [-0.1, -0.05) is 56.1 Å². The summed E-state index contributed by atoms with van der Waals surface area (Å²) in [5.74, 6) is -1.48. The van der Waals surface area contributed by atoms with Gasteiger partial charge in [0, 0.05) is 32.1 Å². The molecule has 3 aliphatic rings. The van der Waals surface area contributed by atoms with Crippen molar-refractivity contribution in [1.82, 2.24) is 15.0 Å².